The zero-order chi connectivity index (χ0) is 10.7. The van der Waals surface area contributed by atoms with Crippen LogP contribution in [0.2, 0.25) is 0 Å². The smallest absolute Gasteiger partial charge is 0.183 e. The zero-order valence-electron chi connectivity index (χ0n) is 8.90. The van der Waals surface area contributed by atoms with Gasteiger partial charge in [-0.25, -0.2) is 4.98 Å². The van der Waals surface area contributed by atoms with Gasteiger partial charge in [0, 0.05) is 24.3 Å². The average Bonchev–Trinajstić information content (AvgIpc) is 2.84. The molecule has 0 spiro atoms. The van der Waals surface area contributed by atoms with Gasteiger partial charge in [-0.1, -0.05) is 6.92 Å². The topological polar surface area (TPSA) is 42.7 Å². The predicted octanol–water partition coefficient (Wildman–Crippen LogP) is 2.05. The molecule has 2 aromatic rings. The molecule has 2 rings (SSSR count). The first kappa shape index (κ1) is 10.2. The summed E-state index contributed by atoms with van der Waals surface area (Å²) in [6.07, 6.45) is 4.78. The Kier molecular flexibility index (Phi) is 3.01. The van der Waals surface area contributed by atoms with Crippen LogP contribution in [-0.2, 0) is 20.0 Å². The molecule has 0 saturated heterocycles. The van der Waals surface area contributed by atoms with Crippen LogP contribution in [0, 0.1) is 0 Å². The first-order chi connectivity index (χ1) is 7.29. The summed E-state index contributed by atoms with van der Waals surface area (Å²) in [7, 11) is 1.94. The molecular formula is C10H14N4S. The number of aromatic nitrogens is 3. The van der Waals surface area contributed by atoms with Crippen LogP contribution in [0.3, 0.4) is 0 Å². The molecule has 2 heterocycles. The van der Waals surface area contributed by atoms with Gasteiger partial charge in [-0.2, -0.15) is 5.10 Å². The third kappa shape index (κ3) is 2.36. The third-order valence-corrected chi connectivity index (χ3v) is 3.34. The SMILES string of the molecule is CCc1cnc(NCc2ccnn2C)s1. The predicted molar refractivity (Wildman–Crippen MR) is 62.0 cm³/mol. The average molecular weight is 222 g/mol. The van der Waals surface area contributed by atoms with Crippen LogP contribution in [0.15, 0.2) is 18.5 Å². The van der Waals surface area contributed by atoms with Gasteiger partial charge >= 0.3 is 0 Å². The van der Waals surface area contributed by atoms with Crippen LogP contribution in [0.25, 0.3) is 0 Å². The molecule has 15 heavy (non-hydrogen) atoms. The first-order valence-electron chi connectivity index (χ1n) is 4.95. The lowest BCUT2D eigenvalue weighted by Crippen LogP contribution is -2.04. The van der Waals surface area contributed by atoms with Gasteiger partial charge in [0.2, 0.25) is 0 Å². The molecule has 2 aromatic heterocycles. The number of nitrogens with one attached hydrogen (secondary N) is 1. The first-order valence-corrected chi connectivity index (χ1v) is 5.76. The molecule has 0 aliphatic heterocycles. The minimum absolute atomic E-state index is 0.771. The van der Waals surface area contributed by atoms with E-state index in [1.165, 1.54) is 4.88 Å². The van der Waals surface area contributed by atoms with E-state index < -0.39 is 0 Å². The molecule has 0 aromatic carbocycles. The Balaban J connectivity index is 1.96. The van der Waals surface area contributed by atoms with E-state index in [9.17, 15) is 0 Å². The summed E-state index contributed by atoms with van der Waals surface area (Å²) < 4.78 is 1.86. The van der Waals surface area contributed by atoms with Crippen LogP contribution in [0.1, 0.15) is 17.5 Å². The number of hydrogen-bond acceptors (Lipinski definition) is 4. The van der Waals surface area contributed by atoms with Crippen molar-refractivity contribution in [1.82, 2.24) is 14.8 Å². The highest BCUT2D eigenvalue weighted by molar-refractivity contribution is 7.15. The van der Waals surface area contributed by atoms with Crippen LogP contribution >= 0.6 is 11.3 Å². The van der Waals surface area contributed by atoms with Gasteiger partial charge in [-0.15, -0.1) is 11.3 Å². The second-order valence-electron chi connectivity index (χ2n) is 3.28. The Morgan fingerprint density at radius 3 is 3.00 bits per heavy atom. The monoisotopic (exact) mass is 222 g/mol. The summed E-state index contributed by atoms with van der Waals surface area (Å²) in [6, 6.07) is 2.00. The third-order valence-electron chi connectivity index (χ3n) is 2.25. The summed E-state index contributed by atoms with van der Waals surface area (Å²) in [6.45, 7) is 2.91. The van der Waals surface area contributed by atoms with Crippen molar-refractivity contribution < 1.29 is 0 Å². The lowest BCUT2D eigenvalue weighted by atomic mass is 10.4. The summed E-state index contributed by atoms with van der Waals surface area (Å²) in [5.74, 6) is 0. The normalized spacial score (nSPS) is 10.5. The van der Waals surface area contributed by atoms with Gasteiger partial charge in [0.1, 0.15) is 0 Å². The van der Waals surface area contributed by atoms with Gasteiger partial charge in [-0.3, -0.25) is 4.68 Å². The molecule has 80 valence electrons. The molecule has 0 radical (unpaired) electrons. The van der Waals surface area contributed by atoms with E-state index in [0.717, 1.165) is 23.8 Å². The maximum absolute atomic E-state index is 4.29. The Bertz CT molecular complexity index is 432. The van der Waals surface area contributed by atoms with Gasteiger partial charge in [0.25, 0.3) is 0 Å². The van der Waals surface area contributed by atoms with Crippen molar-refractivity contribution >= 4 is 16.5 Å². The Hall–Kier alpha value is -1.36. The number of nitrogens with zero attached hydrogens (tertiary/aromatic N) is 3. The van der Waals surface area contributed by atoms with Crippen LogP contribution in [0.4, 0.5) is 5.13 Å². The number of rotatable bonds is 4. The zero-order valence-corrected chi connectivity index (χ0v) is 9.71. The van der Waals surface area contributed by atoms with E-state index in [-0.39, 0.29) is 0 Å². The van der Waals surface area contributed by atoms with Crippen molar-refractivity contribution in [3.8, 4) is 0 Å². The van der Waals surface area contributed by atoms with Gasteiger partial charge in [0.15, 0.2) is 5.13 Å². The van der Waals surface area contributed by atoms with E-state index in [1.54, 1.807) is 17.5 Å². The maximum Gasteiger partial charge on any atom is 0.183 e. The van der Waals surface area contributed by atoms with Crippen LogP contribution < -0.4 is 5.32 Å². The van der Waals surface area contributed by atoms with Crippen molar-refractivity contribution in [3.05, 3.63) is 29.0 Å². The highest BCUT2D eigenvalue weighted by Gasteiger charge is 2.01. The molecule has 0 saturated carbocycles. The minimum atomic E-state index is 0.771. The Morgan fingerprint density at radius 2 is 2.40 bits per heavy atom. The summed E-state index contributed by atoms with van der Waals surface area (Å²) in [5.41, 5.74) is 1.16. The highest BCUT2D eigenvalue weighted by atomic mass is 32.1. The van der Waals surface area contributed by atoms with Crippen molar-refractivity contribution in [3.63, 3.8) is 0 Å². The van der Waals surface area contributed by atoms with Crippen molar-refractivity contribution in [2.24, 2.45) is 7.05 Å². The fraction of sp³-hybridized carbons (Fsp3) is 0.400. The van der Waals surface area contributed by atoms with E-state index in [1.807, 2.05) is 24.0 Å². The van der Waals surface area contributed by atoms with Crippen LogP contribution in [0.5, 0.6) is 0 Å². The second-order valence-corrected chi connectivity index (χ2v) is 4.40. The van der Waals surface area contributed by atoms with E-state index in [0.29, 0.717) is 0 Å². The number of anilines is 1. The van der Waals surface area contributed by atoms with Crippen LogP contribution in [-0.4, -0.2) is 14.8 Å². The van der Waals surface area contributed by atoms with Crippen molar-refractivity contribution in [2.45, 2.75) is 19.9 Å². The van der Waals surface area contributed by atoms with Crippen molar-refractivity contribution in [1.29, 1.82) is 0 Å². The molecule has 0 fully saturated rings. The molecule has 1 N–H and O–H groups in total. The molecule has 0 bridgehead atoms. The molecule has 0 amide bonds. The van der Waals surface area contributed by atoms with E-state index in [2.05, 4.69) is 22.3 Å². The molecule has 0 aliphatic rings. The summed E-state index contributed by atoms with van der Waals surface area (Å²) in [5, 5.41) is 8.38. The standard InChI is InChI=1S/C10H14N4S/c1-3-9-7-12-10(15-9)11-6-8-4-5-13-14(8)2/h4-5,7H,3,6H2,1-2H3,(H,11,12). The van der Waals surface area contributed by atoms with Gasteiger partial charge in [-0.05, 0) is 12.5 Å². The maximum atomic E-state index is 4.29. The number of hydrogen-bond donors (Lipinski definition) is 1. The fourth-order valence-electron chi connectivity index (χ4n) is 1.29. The Morgan fingerprint density at radius 1 is 1.53 bits per heavy atom. The van der Waals surface area contributed by atoms with Gasteiger partial charge < -0.3 is 5.32 Å². The summed E-state index contributed by atoms with van der Waals surface area (Å²) >= 11 is 1.71. The number of aryl methyl sites for hydroxylation is 2. The lowest BCUT2D eigenvalue weighted by Gasteiger charge is -2.02. The van der Waals surface area contributed by atoms with E-state index >= 15 is 0 Å². The minimum Gasteiger partial charge on any atom is -0.356 e. The quantitative estimate of drug-likeness (QED) is 0.861. The molecular weight excluding hydrogens is 208 g/mol. The second kappa shape index (κ2) is 4.44. The van der Waals surface area contributed by atoms with E-state index in [4.69, 9.17) is 0 Å². The molecule has 5 heteroatoms. The molecule has 0 atom stereocenters. The van der Waals surface area contributed by atoms with Gasteiger partial charge in [0.05, 0.1) is 12.2 Å². The largest absolute Gasteiger partial charge is 0.356 e. The Labute approximate surface area is 93.0 Å². The lowest BCUT2D eigenvalue weighted by molar-refractivity contribution is 0.720. The molecule has 0 unspecified atom stereocenters. The number of thiazole rings is 1. The fourth-order valence-corrected chi connectivity index (χ4v) is 2.04. The summed E-state index contributed by atoms with van der Waals surface area (Å²) in [4.78, 5) is 5.60. The van der Waals surface area contributed by atoms with Crippen molar-refractivity contribution in [2.75, 3.05) is 5.32 Å². The molecule has 4 nitrogen and oxygen atoms in total. The highest BCUT2D eigenvalue weighted by Crippen LogP contribution is 2.18. The molecule has 0 aliphatic carbocycles.